The van der Waals surface area contributed by atoms with Crippen LogP contribution in [0.5, 0.6) is 0 Å². The smallest absolute Gasteiger partial charge is 0.255 e. The molecule has 1 unspecified atom stereocenters. The van der Waals surface area contributed by atoms with Crippen molar-refractivity contribution in [2.45, 2.75) is 73.1 Å². The first-order valence-electron chi connectivity index (χ1n) is 10.3. The molecule has 0 saturated heterocycles. The first-order valence-corrected chi connectivity index (χ1v) is 10.3. The molecule has 0 radical (unpaired) electrons. The van der Waals surface area contributed by atoms with E-state index in [1.54, 1.807) is 6.08 Å². The van der Waals surface area contributed by atoms with Gasteiger partial charge < -0.3 is 0 Å². The zero-order valence-electron chi connectivity index (χ0n) is 17.5. The molecule has 1 fully saturated rings. The molecular weight excluding hydrogens is 336 g/mol. The Morgan fingerprint density at radius 1 is 1.30 bits per heavy atom. The Labute approximate surface area is 164 Å². The number of hydrogen-bond acceptors (Lipinski definition) is 3. The lowest BCUT2D eigenvalue weighted by molar-refractivity contribution is -0.140. The van der Waals surface area contributed by atoms with Crippen LogP contribution >= 0.6 is 0 Å². The summed E-state index contributed by atoms with van der Waals surface area (Å²) in [5, 5.41) is 5.89. The second kappa shape index (κ2) is 9.29. The monoisotopic (exact) mass is 370 g/mol. The quantitative estimate of drug-likeness (QED) is 0.456. The van der Waals surface area contributed by atoms with Gasteiger partial charge in [0.15, 0.2) is 5.78 Å². The van der Waals surface area contributed by atoms with E-state index in [1.165, 1.54) is 29.8 Å². The van der Waals surface area contributed by atoms with Crippen molar-refractivity contribution >= 4 is 17.4 Å². The summed E-state index contributed by atoms with van der Waals surface area (Å²) in [5.41, 5.74) is 2.17. The number of rotatable bonds is 7. The average Bonchev–Trinajstić information content (AvgIpc) is 2.90. The second-order valence-corrected chi connectivity index (χ2v) is 7.98. The molecular formula is C23H34N2O2. The van der Waals surface area contributed by atoms with Gasteiger partial charge in [0.25, 0.3) is 5.91 Å². The van der Waals surface area contributed by atoms with Gasteiger partial charge in [-0.25, -0.2) is 5.01 Å². The molecule has 0 aromatic carbocycles. The molecule has 0 spiro atoms. The van der Waals surface area contributed by atoms with Gasteiger partial charge in [-0.05, 0) is 52.9 Å². The highest BCUT2D eigenvalue weighted by atomic mass is 16.2. The molecule has 1 amide bonds. The van der Waals surface area contributed by atoms with Crippen molar-refractivity contribution in [3.8, 4) is 0 Å². The van der Waals surface area contributed by atoms with E-state index < -0.39 is 5.41 Å². The van der Waals surface area contributed by atoms with Crippen LogP contribution in [0.25, 0.3) is 0 Å². The molecule has 2 aliphatic rings. The topological polar surface area (TPSA) is 49.7 Å². The normalized spacial score (nSPS) is 25.4. The van der Waals surface area contributed by atoms with Crippen LogP contribution in [0.15, 0.2) is 40.6 Å². The Hall–Kier alpha value is -1.97. The van der Waals surface area contributed by atoms with Gasteiger partial charge >= 0.3 is 0 Å². The third-order valence-corrected chi connectivity index (χ3v) is 6.26. The molecule has 2 rings (SSSR count). The Bertz CT molecular complexity index is 693. The molecule has 1 saturated carbocycles. The van der Waals surface area contributed by atoms with E-state index in [4.69, 9.17) is 0 Å². The number of Topliss-reactive ketones (excluding diaryl/α,β-unsaturated/α-hetero) is 1. The minimum absolute atomic E-state index is 0.0126. The maximum absolute atomic E-state index is 13.1. The van der Waals surface area contributed by atoms with E-state index in [9.17, 15) is 9.59 Å². The number of ketones is 1. The van der Waals surface area contributed by atoms with Gasteiger partial charge in [-0.2, -0.15) is 5.10 Å². The highest BCUT2D eigenvalue weighted by molar-refractivity contribution is 6.12. The van der Waals surface area contributed by atoms with Gasteiger partial charge in [0, 0.05) is 5.57 Å². The Morgan fingerprint density at radius 3 is 2.56 bits per heavy atom. The Kier molecular flexibility index (Phi) is 7.34. The zero-order valence-corrected chi connectivity index (χ0v) is 17.5. The SMILES string of the molecule is C\C=C(/C=C\C=C(/C)CC)C(=O)CN1N=C(C)C(C)(C2CCCCC2)C1=O. The van der Waals surface area contributed by atoms with Gasteiger partial charge in [0.2, 0.25) is 0 Å². The summed E-state index contributed by atoms with van der Waals surface area (Å²) in [7, 11) is 0. The maximum Gasteiger partial charge on any atom is 0.255 e. The number of amides is 1. The summed E-state index contributed by atoms with van der Waals surface area (Å²) in [6.45, 7) is 9.98. The fourth-order valence-corrected chi connectivity index (χ4v) is 4.02. The number of hydrazone groups is 1. The standard InChI is InChI=1S/C23H34N2O2/c1-6-17(3)12-11-13-19(7-2)21(26)16-25-22(27)23(5,18(4)24-25)20-14-9-8-10-15-20/h7,11-13,20H,6,8-10,14-16H2,1-5H3/b13-11-,17-12+,19-7+. The van der Waals surface area contributed by atoms with Crippen LogP contribution in [0.4, 0.5) is 0 Å². The van der Waals surface area contributed by atoms with Gasteiger partial charge in [-0.15, -0.1) is 0 Å². The van der Waals surface area contributed by atoms with Gasteiger partial charge in [-0.1, -0.05) is 56.1 Å². The predicted octanol–water partition coefficient (Wildman–Crippen LogP) is 5.22. The molecule has 0 N–H and O–H groups in total. The van der Waals surface area contributed by atoms with Crippen LogP contribution in [0.3, 0.4) is 0 Å². The van der Waals surface area contributed by atoms with Crippen LogP contribution < -0.4 is 0 Å². The van der Waals surface area contributed by atoms with Crippen molar-refractivity contribution in [3.05, 3.63) is 35.5 Å². The molecule has 1 atom stereocenters. The van der Waals surface area contributed by atoms with Crippen LogP contribution in [0, 0.1) is 11.3 Å². The number of nitrogens with zero attached hydrogens (tertiary/aromatic N) is 2. The largest absolute Gasteiger partial charge is 0.292 e. The molecule has 0 aromatic heterocycles. The molecule has 1 aliphatic carbocycles. The van der Waals surface area contributed by atoms with Crippen molar-refractivity contribution in [3.63, 3.8) is 0 Å². The van der Waals surface area contributed by atoms with Crippen molar-refractivity contribution in [1.82, 2.24) is 5.01 Å². The first kappa shape index (κ1) is 21.3. The summed E-state index contributed by atoms with van der Waals surface area (Å²) >= 11 is 0. The molecule has 148 valence electrons. The van der Waals surface area contributed by atoms with E-state index in [-0.39, 0.29) is 18.2 Å². The van der Waals surface area contributed by atoms with Crippen molar-refractivity contribution < 1.29 is 9.59 Å². The van der Waals surface area contributed by atoms with Crippen LogP contribution in [-0.4, -0.2) is 29.0 Å². The fraction of sp³-hybridized carbons (Fsp3) is 0.609. The molecule has 0 aromatic rings. The van der Waals surface area contributed by atoms with Crippen molar-refractivity contribution in [2.24, 2.45) is 16.4 Å². The summed E-state index contributed by atoms with van der Waals surface area (Å²) in [4.78, 5) is 25.8. The van der Waals surface area contributed by atoms with E-state index in [0.29, 0.717) is 11.5 Å². The lowest BCUT2D eigenvalue weighted by Crippen LogP contribution is -2.44. The summed E-state index contributed by atoms with van der Waals surface area (Å²) in [5.74, 6) is 0.251. The van der Waals surface area contributed by atoms with Crippen LogP contribution in [0.1, 0.15) is 73.1 Å². The van der Waals surface area contributed by atoms with Crippen LogP contribution in [-0.2, 0) is 9.59 Å². The van der Waals surface area contributed by atoms with E-state index in [1.807, 2.05) is 39.0 Å². The minimum Gasteiger partial charge on any atom is -0.292 e. The van der Waals surface area contributed by atoms with Gasteiger partial charge in [0.05, 0.1) is 11.1 Å². The number of hydrogen-bond donors (Lipinski definition) is 0. The second-order valence-electron chi connectivity index (χ2n) is 7.98. The lowest BCUT2D eigenvalue weighted by atomic mass is 9.67. The molecule has 0 bridgehead atoms. The van der Waals surface area contributed by atoms with E-state index in [0.717, 1.165) is 25.0 Å². The Morgan fingerprint density at radius 2 is 1.96 bits per heavy atom. The molecule has 4 nitrogen and oxygen atoms in total. The fourth-order valence-electron chi connectivity index (χ4n) is 4.02. The highest BCUT2D eigenvalue weighted by Gasteiger charge is 2.50. The highest BCUT2D eigenvalue weighted by Crippen LogP contribution is 2.43. The molecule has 1 heterocycles. The number of carbonyl (C=O) groups excluding carboxylic acids is 2. The van der Waals surface area contributed by atoms with Gasteiger partial charge in [0.1, 0.15) is 6.54 Å². The third-order valence-electron chi connectivity index (χ3n) is 6.26. The molecule has 1 aliphatic heterocycles. The first-order chi connectivity index (χ1) is 12.8. The van der Waals surface area contributed by atoms with Gasteiger partial charge in [-0.3, -0.25) is 9.59 Å². The zero-order chi connectivity index (χ0) is 20.0. The lowest BCUT2D eigenvalue weighted by Gasteiger charge is -2.35. The number of allylic oxidation sites excluding steroid dienone is 5. The van der Waals surface area contributed by atoms with E-state index >= 15 is 0 Å². The minimum atomic E-state index is -0.548. The number of carbonyl (C=O) groups is 2. The third kappa shape index (κ3) is 4.66. The summed E-state index contributed by atoms with van der Waals surface area (Å²) in [6, 6.07) is 0. The predicted molar refractivity (Wildman–Crippen MR) is 111 cm³/mol. The van der Waals surface area contributed by atoms with Crippen molar-refractivity contribution in [1.29, 1.82) is 0 Å². The van der Waals surface area contributed by atoms with Crippen LogP contribution in [0.2, 0.25) is 0 Å². The van der Waals surface area contributed by atoms with E-state index in [2.05, 4.69) is 18.9 Å². The molecule has 27 heavy (non-hydrogen) atoms. The summed E-state index contributed by atoms with van der Waals surface area (Å²) in [6.07, 6.45) is 14.3. The molecule has 4 heteroatoms. The Balaban J connectivity index is 2.08. The maximum atomic E-state index is 13.1. The summed E-state index contributed by atoms with van der Waals surface area (Å²) < 4.78 is 0. The van der Waals surface area contributed by atoms with Crippen molar-refractivity contribution in [2.75, 3.05) is 6.54 Å². The average molecular weight is 371 g/mol.